The van der Waals surface area contributed by atoms with E-state index in [0.717, 1.165) is 5.75 Å². The third-order valence-corrected chi connectivity index (χ3v) is 4.89. The van der Waals surface area contributed by atoms with Crippen molar-refractivity contribution in [2.75, 3.05) is 13.7 Å². The van der Waals surface area contributed by atoms with Crippen molar-refractivity contribution in [2.45, 2.75) is 57.7 Å². The first-order valence-corrected chi connectivity index (χ1v) is 8.77. The van der Waals surface area contributed by atoms with Crippen LogP contribution in [-0.4, -0.2) is 36.5 Å². The summed E-state index contributed by atoms with van der Waals surface area (Å²) in [4.78, 5) is 14.9. The highest BCUT2D eigenvalue weighted by Crippen LogP contribution is 2.41. The first kappa shape index (κ1) is 16.3. The molecule has 2 fully saturated rings. The molecule has 1 unspecified atom stereocenters. The molecule has 0 aromatic heterocycles. The fourth-order valence-corrected chi connectivity index (χ4v) is 3.24. The molecular formula is C19H28N2O2. The van der Waals surface area contributed by atoms with Crippen molar-refractivity contribution in [3.05, 3.63) is 29.8 Å². The molecule has 2 saturated carbocycles. The van der Waals surface area contributed by atoms with Crippen LogP contribution in [0.2, 0.25) is 0 Å². The number of carbonyl (C=O) groups excluding carboxylic acids is 1. The van der Waals surface area contributed by atoms with E-state index in [1.165, 1.54) is 31.2 Å². The summed E-state index contributed by atoms with van der Waals surface area (Å²) in [5.41, 5.74) is 1.18. The summed E-state index contributed by atoms with van der Waals surface area (Å²) in [6.45, 7) is 4.86. The van der Waals surface area contributed by atoms with Gasteiger partial charge in [-0.05, 0) is 63.1 Å². The summed E-state index contributed by atoms with van der Waals surface area (Å²) >= 11 is 0. The van der Waals surface area contributed by atoms with Crippen molar-refractivity contribution in [3.63, 3.8) is 0 Å². The van der Waals surface area contributed by atoms with Crippen molar-refractivity contribution in [1.82, 2.24) is 10.2 Å². The van der Waals surface area contributed by atoms with Gasteiger partial charge >= 0.3 is 0 Å². The van der Waals surface area contributed by atoms with Crippen LogP contribution in [-0.2, 0) is 4.79 Å². The Labute approximate surface area is 139 Å². The zero-order chi connectivity index (χ0) is 16.4. The van der Waals surface area contributed by atoms with Crippen molar-refractivity contribution >= 4 is 5.91 Å². The Morgan fingerprint density at radius 3 is 2.35 bits per heavy atom. The second kappa shape index (κ2) is 6.91. The predicted octanol–water partition coefficient (Wildman–Crippen LogP) is 3.14. The van der Waals surface area contributed by atoms with Crippen molar-refractivity contribution in [3.8, 4) is 5.75 Å². The van der Waals surface area contributed by atoms with Gasteiger partial charge in [-0.25, -0.2) is 0 Å². The standard InChI is InChI=1S/C19H28N2O2/c1-13(2)21(16-8-9-16)12-18(22)20-19(14-4-5-14)15-6-10-17(23-3)11-7-15/h6-7,10-11,13-14,16,19H,4-5,8-9,12H2,1-3H3,(H,20,22). The van der Waals surface area contributed by atoms with Gasteiger partial charge in [-0.3, -0.25) is 9.69 Å². The highest BCUT2D eigenvalue weighted by Gasteiger charge is 2.35. The van der Waals surface area contributed by atoms with Crippen LogP contribution in [0.1, 0.15) is 51.1 Å². The molecule has 4 nitrogen and oxygen atoms in total. The fraction of sp³-hybridized carbons (Fsp3) is 0.632. The molecule has 126 valence electrons. The third-order valence-electron chi connectivity index (χ3n) is 4.89. The normalized spacial score (nSPS) is 19.0. The average molecular weight is 316 g/mol. The second-order valence-electron chi connectivity index (χ2n) is 7.15. The van der Waals surface area contributed by atoms with Crippen LogP contribution in [0.15, 0.2) is 24.3 Å². The van der Waals surface area contributed by atoms with Gasteiger partial charge in [-0.2, -0.15) is 0 Å². The van der Waals surface area contributed by atoms with Crippen LogP contribution < -0.4 is 10.1 Å². The number of methoxy groups -OCH3 is 1. The van der Waals surface area contributed by atoms with Crippen LogP contribution in [0.3, 0.4) is 0 Å². The van der Waals surface area contributed by atoms with Crippen molar-refractivity contribution < 1.29 is 9.53 Å². The minimum atomic E-state index is 0.140. The van der Waals surface area contributed by atoms with Crippen LogP contribution in [0.4, 0.5) is 0 Å². The molecule has 2 aliphatic carbocycles. The number of ether oxygens (including phenoxy) is 1. The van der Waals surface area contributed by atoms with Gasteiger partial charge in [0.05, 0.1) is 19.7 Å². The Bertz CT molecular complexity index is 531. The predicted molar refractivity (Wildman–Crippen MR) is 91.5 cm³/mol. The van der Waals surface area contributed by atoms with Gasteiger partial charge in [0.1, 0.15) is 5.75 Å². The van der Waals surface area contributed by atoms with Gasteiger partial charge in [-0.15, -0.1) is 0 Å². The van der Waals surface area contributed by atoms with Crippen molar-refractivity contribution in [1.29, 1.82) is 0 Å². The molecule has 0 bridgehead atoms. The van der Waals surface area contributed by atoms with Gasteiger partial charge in [0.15, 0.2) is 0 Å². The monoisotopic (exact) mass is 316 g/mol. The Balaban J connectivity index is 1.63. The highest BCUT2D eigenvalue weighted by molar-refractivity contribution is 5.78. The Morgan fingerprint density at radius 1 is 1.22 bits per heavy atom. The van der Waals surface area contributed by atoms with E-state index in [4.69, 9.17) is 4.74 Å². The number of benzene rings is 1. The van der Waals surface area contributed by atoms with Gasteiger partial charge in [0, 0.05) is 12.1 Å². The maximum absolute atomic E-state index is 12.6. The van der Waals surface area contributed by atoms with Crippen molar-refractivity contribution in [2.24, 2.45) is 5.92 Å². The maximum Gasteiger partial charge on any atom is 0.234 e. The van der Waals surface area contributed by atoms with Gasteiger partial charge < -0.3 is 10.1 Å². The molecular weight excluding hydrogens is 288 g/mol. The minimum absolute atomic E-state index is 0.140. The molecule has 4 heteroatoms. The summed E-state index contributed by atoms with van der Waals surface area (Å²) in [6.07, 6.45) is 4.87. The van der Waals surface area contributed by atoms with E-state index in [1.807, 2.05) is 12.1 Å². The number of carbonyl (C=O) groups is 1. The first-order valence-electron chi connectivity index (χ1n) is 8.77. The van der Waals surface area contributed by atoms with E-state index >= 15 is 0 Å². The van der Waals surface area contributed by atoms with E-state index < -0.39 is 0 Å². The van der Waals surface area contributed by atoms with Crippen LogP contribution in [0, 0.1) is 5.92 Å². The van der Waals surface area contributed by atoms with E-state index in [1.54, 1.807) is 7.11 Å². The summed E-state index contributed by atoms with van der Waals surface area (Å²) in [6, 6.07) is 9.27. The molecule has 0 heterocycles. The third kappa shape index (κ3) is 4.25. The van der Waals surface area contributed by atoms with Gasteiger partial charge in [0.25, 0.3) is 0 Å². The molecule has 1 aromatic carbocycles. The first-order chi connectivity index (χ1) is 11.1. The lowest BCUT2D eigenvalue weighted by molar-refractivity contribution is -0.123. The molecule has 0 aliphatic heterocycles. The molecule has 0 saturated heterocycles. The Morgan fingerprint density at radius 2 is 1.87 bits per heavy atom. The number of hydrogen-bond acceptors (Lipinski definition) is 3. The molecule has 23 heavy (non-hydrogen) atoms. The van der Waals surface area contributed by atoms with E-state index in [-0.39, 0.29) is 11.9 Å². The smallest absolute Gasteiger partial charge is 0.234 e. The summed E-state index contributed by atoms with van der Waals surface area (Å²) in [7, 11) is 1.67. The molecule has 1 N–H and O–H groups in total. The minimum Gasteiger partial charge on any atom is -0.497 e. The second-order valence-corrected chi connectivity index (χ2v) is 7.15. The van der Waals surface area contributed by atoms with E-state index in [9.17, 15) is 4.79 Å². The van der Waals surface area contributed by atoms with E-state index in [0.29, 0.717) is 24.5 Å². The number of nitrogens with one attached hydrogen (secondary N) is 1. The lowest BCUT2D eigenvalue weighted by atomic mass is 10.0. The number of rotatable bonds is 8. The molecule has 3 rings (SSSR count). The van der Waals surface area contributed by atoms with Crippen LogP contribution >= 0.6 is 0 Å². The average Bonchev–Trinajstić information content (AvgIpc) is 3.42. The van der Waals surface area contributed by atoms with Gasteiger partial charge in [-0.1, -0.05) is 12.1 Å². The molecule has 0 radical (unpaired) electrons. The topological polar surface area (TPSA) is 41.6 Å². The highest BCUT2D eigenvalue weighted by atomic mass is 16.5. The zero-order valence-electron chi connectivity index (χ0n) is 14.4. The van der Waals surface area contributed by atoms with Crippen LogP contribution in [0.25, 0.3) is 0 Å². The summed E-state index contributed by atoms with van der Waals surface area (Å²) in [5, 5.41) is 3.28. The fourth-order valence-electron chi connectivity index (χ4n) is 3.24. The molecule has 2 aliphatic rings. The quantitative estimate of drug-likeness (QED) is 0.801. The van der Waals surface area contributed by atoms with E-state index in [2.05, 4.69) is 36.2 Å². The number of amides is 1. The molecule has 0 spiro atoms. The van der Waals surface area contributed by atoms with Crippen LogP contribution in [0.5, 0.6) is 5.75 Å². The molecule has 1 atom stereocenters. The lowest BCUT2D eigenvalue weighted by Crippen LogP contribution is -2.43. The SMILES string of the molecule is COc1ccc(C(NC(=O)CN(C(C)C)C2CC2)C2CC2)cc1. The largest absolute Gasteiger partial charge is 0.497 e. The number of hydrogen-bond donors (Lipinski definition) is 1. The number of nitrogens with zero attached hydrogens (tertiary/aromatic N) is 1. The molecule has 1 amide bonds. The summed E-state index contributed by atoms with van der Waals surface area (Å²) in [5.74, 6) is 1.59. The summed E-state index contributed by atoms with van der Waals surface area (Å²) < 4.78 is 5.22. The maximum atomic E-state index is 12.6. The Hall–Kier alpha value is -1.55. The zero-order valence-corrected chi connectivity index (χ0v) is 14.4. The van der Waals surface area contributed by atoms with Gasteiger partial charge in [0.2, 0.25) is 5.91 Å². The molecule has 1 aromatic rings. The lowest BCUT2D eigenvalue weighted by Gasteiger charge is -2.27. The Kier molecular flexibility index (Phi) is 4.90.